The average molecular weight is 443 g/mol. The van der Waals surface area contributed by atoms with Crippen molar-refractivity contribution in [1.29, 1.82) is 0 Å². The topological polar surface area (TPSA) is 75.6 Å². The lowest BCUT2D eigenvalue weighted by Gasteiger charge is -2.10. The molecule has 0 aliphatic rings. The van der Waals surface area contributed by atoms with Gasteiger partial charge in [-0.3, -0.25) is 9.59 Å². The SMILES string of the molecule is O=C(O)CCNC(=O)c1ccc(OCc2ccc(-c3ccc(C(F)(F)F)cc3)cc2)cc1. The number of ether oxygens (including phenoxy) is 1. The molecule has 0 saturated carbocycles. The number of rotatable bonds is 8. The summed E-state index contributed by atoms with van der Waals surface area (Å²) < 4.78 is 43.8. The fourth-order valence-electron chi connectivity index (χ4n) is 2.90. The van der Waals surface area contributed by atoms with Crippen molar-refractivity contribution >= 4 is 11.9 Å². The number of carbonyl (C=O) groups excluding carboxylic acids is 1. The molecule has 0 heterocycles. The van der Waals surface area contributed by atoms with E-state index in [0.717, 1.165) is 23.3 Å². The number of carbonyl (C=O) groups is 2. The maximum absolute atomic E-state index is 12.7. The van der Waals surface area contributed by atoms with Crippen LogP contribution in [0.3, 0.4) is 0 Å². The number of benzene rings is 3. The van der Waals surface area contributed by atoms with E-state index in [1.807, 2.05) is 24.3 Å². The number of hydrogen-bond donors (Lipinski definition) is 2. The minimum atomic E-state index is -4.36. The Hall–Kier alpha value is -3.81. The molecule has 0 fully saturated rings. The summed E-state index contributed by atoms with van der Waals surface area (Å²) in [5, 5.41) is 11.1. The zero-order valence-electron chi connectivity index (χ0n) is 16.9. The van der Waals surface area contributed by atoms with Gasteiger partial charge in [-0.1, -0.05) is 36.4 Å². The zero-order valence-corrected chi connectivity index (χ0v) is 16.9. The summed E-state index contributed by atoms with van der Waals surface area (Å²) in [5.41, 5.74) is 2.05. The van der Waals surface area contributed by atoms with Gasteiger partial charge in [-0.05, 0) is 53.1 Å². The van der Waals surface area contributed by atoms with Gasteiger partial charge in [0, 0.05) is 12.1 Å². The smallest absolute Gasteiger partial charge is 0.416 e. The molecule has 2 N–H and O–H groups in total. The van der Waals surface area contributed by atoms with Crippen LogP contribution in [0.2, 0.25) is 0 Å². The van der Waals surface area contributed by atoms with Crippen LogP contribution < -0.4 is 10.1 Å². The molecule has 0 aliphatic heterocycles. The average Bonchev–Trinajstić information content (AvgIpc) is 2.77. The summed E-state index contributed by atoms with van der Waals surface area (Å²) >= 11 is 0. The third-order valence-electron chi connectivity index (χ3n) is 4.65. The molecule has 32 heavy (non-hydrogen) atoms. The first-order chi connectivity index (χ1) is 15.2. The van der Waals surface area contributed by atoms with Crippen LogP contribution in [-0.2, 0) is 17.6 Å². The third-order valence-corrected chi connectivity index (χ3v) is 4.65. The van der Waals surface area contributed by atoms with Crippen LogP contribution in [0.5, 0.6) is 5.75 Å². The lowest BCUT2D eigenvalue weighted by atomic mass is 10.0. The summed E-state index contributed by atoms with van der Waals surface area (Å²) in [7, 11) is 0. The predicted octanol–water partition coefficient (Wildman–Crippen LogP) is 5.16. The number of aliphatic carboxylic acids is 1. The molecule has 0 atom stereocenters. The van der Waals surface area contributed by atoms with E-state index in [4.69, 9.17) is 9.84 Å². The van der Waals surface area contributed by atoms with Gasteiger partial charge in [0.05, 0.1) is 12.0 Å². The van der Waals surface area contributed by atoms with Gasteiger partial charge in [0.1, 0.15) is 12.4 Å². The number of alkyl halides is 3. The van der Waals surface area contributed by atoms with Gasteiger partial charge in [-0.15, -0.1) is 0 Å². The third kappa shape index (κ3) is 6.34. The Labute approximate surface area is 182 Å². The molecule has 0 radical (unpaired) electrons. The molecule has 1 amide bonds. The normalized spacial score (nSPS) is 11.1. The highest BCUT2D eigenvalue weighted by molar-refractivity contribution is 5.94. The van der Waals surface area contributed by atoms with Gasteiger partial charge < -0.3 is 15.2 Å². The first-order valence-corrected chi connectivity index (χ1v) is 9.72. The Balaban J connectivity index is 1.54. The molecule has 0 spiro atoms. The minimum Gasteiger partial charge on any atom is -0.489 e. The predicted molar refractivity (Wildman–Crippen MR) is 112 cm³/mol. The monoisotopic (exact) mass is 443 g/mol. The maximum Gasteiger partial charge on any atom is 0.416 e. The number of amides is 1. The van der Waals surface area contributed by atoms with E-state index in [-0.39, 0.29) is 25.5 Å². The summed E-state index contributed by atoms with van der Waals surface area (Å²) in [6.07, 6.45) is -4.51. The van der Waals surface area contributed by atoms with Crippen LogP contribution in [-0.4, -0.2) is 23.5 Å². The molecule has 0 bridgehead atoms. The van der Waals surface area contributed by atoms with E-state index in [0.29, 0.717) is 16.9 Å². The Morgan fingerprint density at radius 3 is 1.94 bits per heavy atom. The van der Waals surface area contributed by atoms with Crippen LogP contribution in [0.15, 0.2) is 72.8 Å². The summed E-state index contributed by atoms with van der Waals surface area (Å²) in [6, 6.07) is 18.7. The molecule has 3 rings (SSSR count). The lowest BCUT2D eigenvalue weighted by molar-refractivity contribution is -0.138. The number of carboxylic acid groups (broad SMARTS) is 1. The first kappa shape index (κ1) is 22.9. The number of hydrogen-bond acceptors (Lipinski definition) is 3. The van der Waals surface area contributed by atoms with Gasteiger partial charge in [0.25, 0.3) is 5.91 Å². The molecule has 0 saturated heterocycles. The van der Waals surface area contributed by atoms with Crippen molar-refractivity contribution in [3.63, 3.8) is 0 Å². The molecule has 0 aromatic heterocycles. The second-order valence-corrected chi connectivity index (χ2v) is 6.98. The highest BCUT2D eigenvalue weighted by Crippen LogP contribution is 2.31. The summed E-state index contributed by atoms with van der Waals surface area (Å²) in [6.45, 7) is 0.326. The van der Waals surface area contributed by atoms with Crippen molar-refractivity contribution in [2.24, 2.45) is 0 Å². The van der Waals surface area contributed by atoms with Gasteiger partial charge in [0.15, 0.2) is 0 Å². The molecule has 0 aliphatic carbocycles. The van der Waals surface area contributed by atoms with Crippen molar-refractivity contribution < 1.29 is 32.6 Å². The highest BCUT2D eigenvalue weighted by Gasteiger charge is 2.29. The Bertz CT molecular complexity index is 1060. The van der Waals surface area contributed by atoms with Crippen LogP contribution in [0, 0.1) is 0 Å². The van der Waals surface area contributed by atoms with Crippen molar-refractivity contribution in [1.82, 2.24) is 5.32 Å². The second-order valence-electron chi connectivity index (χ2n) is 6.98. The van der Waals surface area contributed by atoms with Crippen molar-refractivity contribution in [2.45, 2.75) is 19.2 Å². The van der Waals surface area contributed by atoms with E-state index in [1.54, 1.807) is 24.3 Å². The number of halogens is 3. The van der Waals surface area contributed by atoms with E-state index in [2.05, 4.69) is 5.32 Å². The first-order valence-electron chi connectivity index (χ1n) is 9.72. The highest BCUT2D eigenvalue weighted by atomic mass is 19.4. The summed E-state index contributed by atoms with van der Waals surface area (Å²) in [4.78, 5) is 22.4. The fraction of sp³-hybridized carbons (Fsp3) is 0.167. The summed E-state index contributed by atoms with van der Waals surface area (Å²) in [5.74, 6) is -0.794. The second kappa shape index (κ2) is 10.00. The maximum atomic E-state index is 12.7. The van der Waals surface area contributed by atoms with Crippen molar-refractivity contribution in [2.75, 3.05) is 6.54 Å². The largest absolute Gasteiger partial charge is 0.489 e. The quantitative estimate of drug-likeness (QED) is 0.505. The molecule has 8 heteroatoms. The van der Waals surface area contributed by atoms with Crippen molar-refractivity contribution in [3.05, 3.63) is 89.5 Å². The standard InChI is InChI=1S/C24H20F3NO4/c25-24(26,27)20-9-5-18(6-10-20)17-3-1-16(2-4-17)15-32-21-11-7-19(8-12-21)23(31)28-14-13-22(29)30/h1-12H,13-15H2,(H,28,31)(H,29,30). The van der Waals surface area contributed by atoms with Crippen LogP contribution >= 0.6 is 0 Å². The van der Waals surface area contributed by atoms with E-state index >= 15 is 0 Å². The molecule has 166 valence electrons. The number of carboxylic acids is 1. The van der Waals surface area contributed by atoms with E-state index < -0.39 is 17.7 Å². The van der Waals surface area contributed by atoms with Crippen LogP contribution in [0.25, 0.3) is 11.1 Å². The van der Waals surface area contributed by atoms with Crippen LogP contribution in [0.1, 0.15) is 27.9 Å². The Morgan fingerprint density at radius 1 is 0.844 bits per heavy atom. The molecular weight excluding hydrogens is 423 g/mol. The van der Waals surface area contributed by atoms with Gasteiger partial charge in [-0.2, -0.15) is 13.2 Å². The molecular formula is C24H20F3NO4. The van der Waals surface area contributed by atoms with Gasteiger partial charge in [-0.25, -0.2) is 0 Å². The molecule has 3 aromatic carbocycles. The fourth-order valence-corrected chi connectivity index (χ4v) is 2.90. The van der Waals surface area contributed by atoms with Crippen molar-refractivity contribution in [3.8, 4) is 16.9 Å². The number of nitrogens with one attached hydrogen (secondary N) is 1. The Kier molecular flexibility index (Phi) is 7.14. The lowest BCUT2D eigenvalue weighted by Crippen LogP contribution is -2.25. The molecule has 5 nitrogen and oxygen atoms in total. The molecule has 0 unspecified atom stereocenters. The molecule has 3 aromatic rings. The van der Waals surface area contributed by atoms with Gasteiger partial charge >= 0.3 is 12.1 Å². The van der Waals surface area contributed by atoms with Gasteiger partial charge in [0.2, 0.25) is 0 Å². The van der Waals surface area contributed by atoms with Crippen LogP contribution in [0.4, 0.5) is 13.2 Å². The minimum absolute atomic E-state index is 0.0505. The van der Waals surface area contributed by atoms with E-state index in [9.17, 15) is 22.8 Å². The Morgan fingerprint density at radius 2 is 1.41 bits per heavy atom. The van der Waals surface area contributed by atoms with E-state index in [1.165, 1.54) is 12.1 Å². The zero-order chi connectivity index (χ0) is 23.1.